The summed E-state index contributed by atoms with van der Waals surface area (Å²) < 4.78 is 0. The molecule has 0 bridgehead atoms. The normalized spacial score (nSPS) is 10.8. The van der Waals surface area contributed by atoms with Gasteiger partial charge in [0.15, 0.2) is 5.82 Å². The summed E-state index contributed by atoms with van der Waals surface area (Å²) >= 11 is 0. The van der Waals surface area contributed by atoms with Gasteiger partial charge in [-0.1, -0.05) is 32.0 Å². The van der Waals surface area contributed by atoms with Crippen molar-refractivity contribution in [3.05, 3.63) is 29.8 Å². The van der Waals surface area contributed by atoms with E-state index in [2.05, 4.69) is 52.3 Å². The zero-order chi connectivity index (χ0) is 15.4. The Morgan fingerprint density at radius 2 is 1.90 bits per heavy atom. The van der Waals surface area contributed by atoms with Crippen molar-refractivity contribution >= 4 is 11.9 Å². The first-order chi connectivity index (χ1) is 9.99. The van der Waals surface area contributed by atoms with Crippen LogP contribution in [0, 0.1) is 5.92 Å². The van der Waals surface area contributed by atoms with E-state index in [0.29, 0.717) is 23.6 Å². The van der Waals surface area contributed by atoms with E-state index < -0.39 is 0 Å². The molecule has 0 aliphatic carbocycles. The number of rotatable bonds is 5. The van der Waals surface area contributed by atoms with Crippen LogP contribution in [0.3, 0.4) is 0 Å². The molecule has 112 valence electrons. The Hall–Kier alpha value is -2.17. The van der Waals surface area contributed by atoms with Crippen molar-refractivity contribution in [3.63, 3.8) is 0 Å². The number of hydrogen-bond donors (Lipinski definition) is 1. The summed E-state index contributed by atoms with van der Waals surface area (Å²) in [6.45, 7) is 4.44. The SMILES string of the molecule is CNc1nc(-c2cccc(CC(C)C)c2)nc(N(C)C)n1. The molecule has 0 aliphatic rings. The Bertz CT molecular complexity index is 607. The van der Waals surface area contributed by atoms with E-state index in [1.54, 1.807) is 0 Å². The van der Waals surface area contributed by atoms with Crippen LogP contribution in [-0.2, 0) is 6.42 Å². The van der Waals surface area contributed by atoms with Crippen LogP contribution in [0.25, 0.3) is 11.4 Å². The third kappa shape index (κ3) is 3.90. The monoisotopic (exact) mass is 285 g/mol. The van der Waals surface area contributed by atoms with Crippen molar-refractivity contribution in [2.24, 2.45) is 5.92 Å². The lowest BCUT2D eigenvalue weighted by Gasteiger charge is -2.13. The van der Waals surface area contributed by atoms with Crippen LogP contribution in [0.2, 0.25) is 0 Å². The second-order valence-corrected chi connectivity index (χ2v) is 5.73. The van der Waals surface area contributed by atoms with Crippen molar-refractivity contribution in [1.29, 1.82) is 0 Å². The van der Waals surface area contributed by atoms with Crippen molar-refractivity contribution in [1.82, 2.24) is 15.0 Å². The summed E-state index contributed by atoms with van der Waals surface area (Å²) in [7, 11) is 5.66. The van der Waals surface area contributed by atoms with Gasteiger partial charge in [-0.2, -0.15) is 15.0 Å². The molecule has 21 heavy (non-hydrogen) atoms. The number of nitrogens with zero attached hydrogens (tertiary/aromatic N) is 4. The first kappa shape index (κ1) is 15.2. The summed E-state index contributed by atoms with van der Waals surface area (Å²) in [5, 5.41) is 2.99. The van der Waals surface area contributed by atoms with Crippen LogP contribution in [0.5, 0.6) is 0 Å². The molecule has 2 rings (SSSR count). The maximum Gasteiger partial charge on any atom is 0.230 e. The molecule has 1 aromatic carbocycles. The highest BCUT2D eigenvalue weighted by Crippen LogP contribution is 2.21. The zero-order valence-electron chi connectivity index (χ0n) is 13.4. The molecule has 5 nitrogen and oxygen atoms in total. The van der Waals surface area contributed by atoms with Gasteiger partial charge >= 0.3 is 0 Å². The van der Waals surface area contributed by atoms with E-state index in [1.165, 1.54) is 5.56 Å². The number of aromatic nitrogens is 3. The van der Waals surface area contributed by atoms with Crippen molar-refractivity contribution in [2.75, 3.05) is 31.4 Å². The highest BCUT2D eigenvalue weighted by atomic mass is 15.3. The number of benzene rings is 1. The smallest absolute Gasteiger partial charge is 0.230 e. The largest absolute Gasteiger partial charge is 0.357 e. The predicted molar refractivity (Wildman–Crippen MR) is 87.7 cm³/mol. The molecule has 0 radical (unpaired) electrons. The van der Waals surface area contributed by atoms with Gasteiger partial charge < -0.3 is 10.2 Å². The summed E-state index contributed by atoms with van der Waals surface area (Å²) in [4.78, 5) is 15.2. The first-order valence-electron chi connectivity index (χ1n) is 7.20. The third-order valence-electron chi connectivity index (χ3n) is 3.08. The van der Waals surface area contributed by atoms with Gasteiger partial charge in [-0.15, -0.1) is 0 Å². The second-order valence-electron chi connectivity index (χ2n) is 5.73. The zero-order valence-corrected chi connectivity index (χ0v) is 13.4. The van der Waals surface area contributed by atoms with Gasteiger partial charge in [0, 0.05) is 26.7 Å². The Morgan fingerprint density at radius 1 is 1.14 bits per heavy atom. The van der Waals surface area contributed by atoms with Crippen LogP contribution in [-0.4, -0.2) is 36.1 Å². The van der Waals surface area contributed by atoms with Gasteiger partial charge in [0.05, 0.1) is 0 Å². The third-order valence-corrected chi connectivity index (χ3v) is 3.08. The lowest BCUT2D eigenvalue weighted by atomic mass is 10.0. The van der Waals surface area contributed by atoms with E-state index in [-0.39, 0.29) is 0 Å². The fraction of sp³-hybridized carbons (Fsp3) is 0.438. The van der Waals surface area contributed by atoms with Crippen LogP contribution >= 0.6 is 0 Å². The molecule has 0 aliphatic heterocycles. The molecular weight excluding hydrogens is 262 g/mol. The quantitative estimate of drug-likeness (QED) is 0.915. The standard InChI is InChI=1S/C16H23N5/c1-11(2)9-12-7-6-8-13(10-12)14-18-15(17-3)20-16(19-14)21(4)5/h6-8,10-11H,9H2,1-5H3,(H,17,18,19,20). The van der Waals surface area contributed by atoms with E-state index in [4.69, 9.17) is 0 Å². The molecule has 1 aromatic heterocycles. The maximum atomic E-state index is 4.54. The van der Waals surface area contributed by atoms with Crippen LogP contribution < -0.4 is 10.2 Å². The molecule has 0 saturated carbocycles. The molecule has 0 fully saturated rings. The molecule has 0 amide bonds. The Morgan fingerprint density at radius 3 is 2.52 bits per heavy atom. The molecule has 0 saturated heterocycles. The number of nitrogens with one attached hydrogen (secondary N) is 1. The van der Waals surface area contributed by atoms with Crippen molar-refractivity contribution < 1.29 is 0 Å². The van der Waals surface area contributed by atoms with E-state index in [9.17, 15) is 0 Å². The molecule has 5 heteroatoms. The Labute approximate surface area is 126 Å². The first-order valence-corrected chi connectivity index (χ1v) is 7.20. The summed E-state index contributed by atoms with van der Waals surface area (Å²) in [5.74, 6) is 2.56. The summed E-state index contributed by atoms with van der Waals surface area (Å²) in [6.07, 6.45) is 1.05. The summed E-state index contributed by atoms with van der Waals surface area (Å²) in [5.41, 5.74) is 2.33. The summed E-state index contributed by atoms with van der Waals surface area (Å²) in [6, 6.07) is 8.41. The minimum Gasteiger partial charge on any atom is -0.357 e. The molecular formula is C16H23N5. The highest BCUT2D eigenvalue weighted by molar-refractivity contribution is 5.59. The van der Waals surface area contributed by atoms with E-state index in [1.807, 2.05) is 32.1 Å². The van der Waals surface area contributed by atoms with Gasteiger partial charge in [0.2, 0.25) is 11.9 Å². The lowest BCUT2D eigenvalue weighted by molar-refractivity contribution is 0.647. The number of hydrogen-bond acceptors (Lipinski definition) is 5. The average Bonchev–Trinajstić information content (AvgIpc) is 2.46. The van der Waals surface area contributed by atoms with Crippen LogP contribution in [0.15, 0.2) is 24.3 Å². The van der Waals surface area contributed by atoms with Gasteiger partial charge in [-0.05, 0) is 24.0 Å². The molecule has 2 aromatic rings. The van der Waals surface area contributed by atoms with Gasteiger partial charge in [-0.3, -0.25) is 0 Å². The van der Waals surface area contributed by atoms with Gasteiger partial charge in [0.1, 0.15) is 0 Å². The van der Waals surface area contributed by atoms with Crippen LogP contribution in [0.4, 0.5) is 11.9 Å². The van der Waals surface area contributed by atoms with Gasteiger partial charge in [0.25, 0.3) is 0 Å². The van der Waals surface area contributed by atoms with Gasteiger partial charge in [-0.25, -0.2) is 0 Å². The average molecular weight is 285 g/mol. The number of anilines is 2. The fourth-order valence-corrected chi connectivity index (χ4v) is 2.11. The molecule has 0 atom stereocenters. The van der Waals surface area contributed by atoms with E-state index >= 15 is 0 Å². The topological polar surface area (TPSA) is 53.9 Å². The molecule has 0 spiro atoms. The maximum absolute atomic E-state index is 4.54. The Kier molecular flexibility index (Phi) is 4.73. The second kappa shape index (κ2) is 6.52. The molecule has 0 unspecified atom stereocenters. The molecule has 1 heterocycles. The lowest BCUT2D eigenvalue weighted by Crippen LogP contribution is -2.15. The van der Waals surface area contributed by atoms with Crippen molar-refractivity contribution in [2.45, 2.75) is 20.3 Å². The van der Waals surface area contributed by atoms with Crippen molar-refractivity contribution in [3.8, 4) is 11.4 Å². The highest BCUT2D eigenvalue weighted by Gasteiger charge is 2.10. The minimum atomic E-state index is 0.581. The van der Waals surface area contributed by atoms with Crippen LogP contribution in [0.1, 0.15) is 19.4 Å². The Balaban J connectivity index is 2.43. The molecule has 1 N–H and O–H groups in total. The fourth-order valence-electron chi connectivity index (χ4n) is 2.11. The van der Waals surface area contributed by atoms with E-state index in [0.717, 1.165) is 12.0 Å². The predicted octanol–water partition coefficient (Wildman–Crippen LogP) is 2.84. The minimum absolute atomic E-state index is 0.581.